The van der Waals surface area contributed by atoms with E-state index in [9.17, 15) is 18.4 Å². The number of rotatable bonds is 4. The Bertz CT molecular complexity index is 771. The van der Waals surface area contributed by atoms with Crippen molar-refractivity contribution in [3.8, 4) is 0 Å². The van der Waals surface area contributed by atoms with Gasteiger partial charge in [0.25, 0.3) is 0 Å². The van der Waals surface area contributed by atoms with Crippen molar-refractivity contribution in [1.29, 1.82) is 0 Å². The highest BCUT2D eigenvalue weighted by molar-refractivity contribution is 7.14. The summed E-state index contributed by atoms with van der Waals surface area (Å²) in [5.74, 6) is -4.45. The number of carboxylic acid groups (broad SMARTS) is 1. The molecule has 0 aliphatic heterocycles. The number of carbonyl (C=O) groups is 2. The van der Waals surface area contributed by atoms with Crippen LogP contribution in [0.15, 0.2) is 17.5 Å². The Morgan fingerprint density at radius 2 is 2.00 bits per heavy atom. The molecular formula is C14H10F2N2O3S. The molecule has 2 rings (SSSR count). The molecule has 0 aliphatic carbocycles. The van der Waals surface area contributed by atoms with E-state index in [-0.39, 0.29) is 11.5 Å². The van der Waals surface area contributed by atoms with Gasteiger partial charge in [-0.2, -0.15) is 0 Å². The molecule has 0 fully saturated rings. The van der Waals surface area contributed by atoms with Gasteiger partial charge in [0.2, 0.25) is 5.91 Å². The van der Waals surface area contributed by atoms with Gasteiger partial charge in [-0.15, -0.1) is 11.3 Å². The van der Waals surface area contributed by atoms with E-state index < -0.39 is 23.2 Å². The molecule has 5 nitrogen and oxygen atoms in total. The summed E-state index contributed by atoms with van der Waals surface area (Å²) in [6.07, 6.45) is 2.71. The summed E-state index contributed by atoms with van der Waals surface area (Å²) in [6, 6.07) is 2.16. The average molecular weight is 324 g/mol. The fourth-order valence-electron chi connectivity index (χ4n) is 1.60. The number of nitrogens with zero attached hydrogens (tertiary/aromatic N) is 1. The Kier molecular flexibility index (Phi) is 4.62. The Labute approximate surface area is 127 Å². The van der Waals surface area contributed by atoms with Crippen LogP contribution in [0.1, 0.15) is 28.5 Å². The van der Waals surface area contributed by atoms with Crippen LogP contribution in [0.4, 0.5) is 13.9 Å². The molecule has 0 saturated heterocycles. The second-order valence-electron chi connectivity index (χ2n) is 4.23. The lowest BCUT2D eigenvalue weighted by atomic mass is 10.1. The first kappa shape index (κ1) is 15.8. The first-order valence-corrected chi connectivity index (χ1v) is 6.89. The van der Waals surface area contributed by atoms with Crippen LogP contribution in [-0.2, 0) is 4.79 Å². The van der Waals surface area contributed by atoms with Crippen molar-refractivity contribution in [3.63, 3.8) is 0 Å². The van der Waals surface area contributed by atoms with Gasteiger partial charge in [0.05, 0.1) is 11.3 Å². The molecule has 2 N–H and O–H groups in total. The summed E-state index contributed by atoms with van der Waals surface area (Å²) in [5.41, 5.74) is -0.372. The quantitative estimate of drug-likeness (QED) is 0.905. The number of hydrogen-bond acceptors (Lipinski definition) is 4. The molecule has 22 heavy (non-hydrogen) atoms. The minimum absolute atomic E-state index is 0.100. The average Bonchev–Trinajstić information content (AvgIpc) is 2.86. The third kappa shape index (κ3) is 3.53. The number of benzene rings is 1. The molecule has 8 heteroatoms. The predicted octanol–water partition coefficient (Wildman–Crippen LogP) is 3.25. The third-order valence-corrected chi connectivity index (χ3v) is 3.36. The monoisotopic (exact) mass is 324 g/mol. The number of anilines is 1. The second-order valence-corrected chi connectivity index (χ2v) is 5.09. The van der Waals surface area contributed by atoms with Gasteiger partial charge in [0.1, 0.15) is 0 Å². The number of halogens is 2. The van der Waals surface area contributed by atoms with Gasteiger partial charge < -0.3 is 10.4 Å². The molecule has 1 heterocycles. The van der Waals surface area contributed by atoms with Crippen molar-refractivity contribution in [2.75, 3.05) is 5.32 Å². The summed E-state index contributed by atoms with van der Waals surface area (Å²) in [5, 5.41) is 13.2. The molecular weight excluding hydrogens is 314 g/mol. The SMILES string of the molecule is CC(=O)Nc1nc(C=Cc2ccc(C(=O)O)c(F)c2F)cs1. The maximum absolute atomic E-state index is 13.7. The first-order chi connectivity index (χ1) is 10.4. The van der Waals surface area contributed by atoms with E-state index >= 15 is 0 Å². The van der Waals surface area contributed by atoms with E-state index in [1.165, 1.54) is 36.5 Å². The van der Waals surface area contributed by atoms with Crippen molar-refractivity contribution >= 4 is 40.5 Å². The molecule has 1 amide bonds. The van der Waals surface area contributed by atoms with E-state index in [0.717, 1.165) is 6.07 Å². The van der Waals surface area contributed by atoms with Crippen molar-refractivity contribution in [2.45, 2.75) is 6.92 Å². The van der Waals surface area contributed by atoms with Gasteiger partial charge in [-0.05, 0) is 18.2 Å². The van der Waals surface area contributed by atoms with E-state index in [1.807, 2.05) is 0 Å². The third-order valence-electron chi connectivity index (χ3n) is 2.58. The highest BCUT2D eigenvalue weighted by Gasteiger charge is 2.16. The summed E-state index contributed by atoms with van der Waals surface area (Å²) in [4.78, 5) is 25.6. The van der Waals surface area contributed by atoms with Crippen LogP contribution >= 0.6 is 11.3 Å². The summed E-state index contributed by atoms with van der Waals surface area (Å²) < 4.78 is 27.3. The zero-order valence-electron chi connectivity index (χ0n) is 11.3. The molecule has 0 radical (unpaired) electrons. The molecule has 1 aromatic carbocycles. The Morgan fingerprint density at radius 3 is 2.64 bits per heavy atom. The molecule has 0 bridgehead atoms. The number of thiazole rings is 1. The lowest BCUT2D eigenvalue weighted by Crippen LogP contribution is -2.05. The van der Waals surface area contributed by atoms with Gasteiger partial charge >= 0.3 is 5.97 Å². The second kappa shape index (κ2) is 6.44. The van der Waals surface area contributed by atoms with Crippen LogP contribution in [0, 0.1) is 11.6 Å². The number of carboxylic acids is 1. The Balaban J connectivity index is 2.23. The maximum Gasteiger partial charge on any atom is 0.338 e. The standard InChI is InChI=1S/C14H10F2N2O3S/c1-7(19)17-14-18-9(6-22-14)4-2-8-3-5-10(13(20)21)12(16)11(8)15/h2-6H,1H3,(H,20,21)(H,17,18,19). The summed E-state index contributed by atoms with van der Waals surface area (Å²) in [6.45, 7) is 1.35. The van der Waals surface area contributed by atoms with Gasteiger partial charge in [0, 0.05) is 17.9 Å². The van der Waals surface area contributed by atoms with E-state index in [1.54, 1.807) is 5.38 Å². The van der Waals surface area contributed by atoms with Crippen LogP contribution in [0.5, 0.6) is 0 Å². The largest absolute Gasteiger partial charge is 0.478 e. The van der Waals surface area contributed by atoms with Crippen LogP contribution < -0.4 is 5.32 Å². The number of carbonyl (C=O) groups excluding carboxylic acids is 1. The minimum Gasteiger partial charge on any atom is -0.478 e. The molecule has 0 aliphatic rings. The predicted molar refractivity (Wildman–Crippen MR) is 78.7 cm³/mol. The van der Waals surface area contributed by atoms with Crippen molar-refractivity contribution in [3.05, 3.63) is 46.0 Å². The fourth-order valence-corrected chi connectivity index (χ4v) is 2.33. The maximum atomic E-state index is 13.7. The Morgan fingerprint density at radius 1 is 1.27 bits per heavy atom. The lowest BCUT2D eigenvalue weighted by Gasteiger charge is -2.01. The van der Waals surface area contributed by atoms with Gasteiger partial charge in [0.15, 0.2) is 16.8 Å². The van der Waals surface area contributed by atoms with Crippen LogP contribution in [-0.4, -0.2) is 22.0 Å². The smallest absolute Gasteiger partial charge is 0.338 e. The number of amides is 1. The normalized spacial score (nSPS) is 10.9. The number of hydrogen-bond donors (Lipinski definition) is 2. The van der Waals surface area contributed by atoms with Gasteiger partial charge in [-0.3, -0.25) is 4.79 Å². The number of nitrogens with one attached hydrogen (secondary N) is 1. The Hall–Kier alpha value is -2.61. The molecule has 0 saturated carbocycles. The first-order valence-electron chi connectivity index (χ1n) is 6.01. The van der Waals surface area contributed by atoms with Crippen LogP contribution in [0.2, 0.25) is 0 Å². The molecule has 2 aromatic rings. The number of aromatic nitrogens is 1. The van der Waals surface area contributed by atoms with Gasteiger partial charge in [-0.25, -0.2) is 18.6 Å². The van der Waals surface area contributed by atoms with Crippen molar-refractivity contribution in [2.24, 2.45) is 0 Å². The number of aromatic carboxylic acids is 1. The van der Waals surface area contributed by atoms with Crippen molar-refractivity contribution in [1.82, 2.24) is 4.98 Å². The lowest BCUT2D eigenvalue weighted by molar-refractivity contribution is -0.114. The summed E-state index contributed by atoms with van der Waals surface area (Å²) in [7, 11) is 0. The zero-order chi connectivity index (χ0) is 16.3. The molecule has 114 valence electrons. The summed E-state index contributed by atoms with van der Waals surface area (Å²) >= 11 is 1.19. The fraction of sp³-hybridized carbons (Fsp3) is 0.0714. The highest BCUT2D eigenvalue weighted by atomic mass is 32.1. The molecule has 0 spiro atoms. The highest BCUT2D eigenvalue weighted by Crippen LogP contribution is 2.20. The van der Waals surface area contributed by atoms with Crippen LogP contribution in [0.25, 0.3) is 12.2 Å². The van der Waals surface area contributed by atoms with Crippen molar-refractivity contribution < 1.29 is 23.5 Å². The van der Waals surface area contributed by atoms with E-state index in [4.69, 9.17) is 5.11 Å². The molecule has 0 atom stereocenters. The molecule has 0 unspecified atom stereocenters. The zero-order valence-corrected chi connectivity index (χ0v) is 12.1. The van der Waals surface area contributed by atoms with Crippen LogP contribution in [0.3, 0.4) is 0 Å². The van der Waals surface area contributed by atoms with E-state index in [2.05, 4.69) is 10.3 Å². The minimum atomic E-state index is -1.54. The molecule has 1 aromatic heterocycles. The van der Waals surface area contributed by atoms with E-state index in [0.29, 0.717) is 10.8 Å². The van der Waals surface area contributed by atoms with Gasteiger partial charge in [-0.1, -0.05) is 6.07 Å². The topological polar surface area (TPSA) is 79.3 Å².